The molecule has 6 heteroatoms. The van der Waals surface area contributed by atoms with E-state index in [0.717, 1.165) is 0 Å². The van der Waals surface area contributed by atoms with Crippen molar-refractivity contribution in [3.05, 3.63) is 0 Å². The van der Waals surface area contributed by atoms with E-state index in [1.807, 2.05) is 0 Å². The molecule has 0 rings (SSSR count). The molecule has 0 aliphatic rings. The Bertz CT molecular complexity index is 146. The van der Waals surface area contributed by atoms with Gasteiger partial charge in [0.1, 0.15) is 6.04 Å². The first-order valence-corrected chi connectivity index (χ1v) is 2.30. The Morgan fingerprint density at radius 2 is 2.00 bits per heavy atom. The van der Waals surface area contributed by atoms with Gasteiger partial charge in [0.15, 0.2) is 0 Å². The van der Waals surface area contributed by atoms with E-state index in [-0.39, 0.29) is 32.3 Å². The minimum atomic E-state index is -1.21. The summed E-state index contributed by atoms with van der Waals surface area (Å²) in [5.41, 5.74) is 9.57. The smallest absolute Gasteiger partial charge is 1.00 e. The summed E-state index contributed by atoms with van der Waals surface area (Å²) in [4.78, 5) is 19.9. The van der Waals surface area contributed by atoms with E-state index in [9.17, 15) is 9.59 Å². The van der Waals surface area contributed by atoms with Crippen molar-refractivity contribution >= 4 is 34.9 Å². The van der Waals surface area contributed by atoms with E-state index >= 15 is 0 Å². The molecule has 5 N–H and O–H groups in total. The molecule has 10 heavy (non-hydrogen) atoms. The zero-order valence-corrected chi connectivity index (χ0v) is 6.82. The predicted octanol–water partition coefficient (Wildman–Crippen LogP) is -1.88. The van der Waals surface area contributed by atoms with Crippen LogP contribution in [0.1, 0.15) is 9.27 Å². The van der Waals surface area contributed by atoms with Crippen molar-refractivity contribution in [2.45, 2.75) is 12.5 Å². The van der Waals surface area contributed by atoms with Gasteiger partial charge in [0, 0.05) is 0 Å². The third-order valence-corrected chi connectivity index (χ3v) is 0.738. The second-order valence-corrected chi connectivity index (χ2v) is 1.62. The van der Waals surface area contributed by atoms with Crippen LogP contribution in [0.2, 0.25) is 0 Å². The minimum Gasteiger partial charge on any atom is -1.00 e. The van der Waals surface area contributed by atoms with Crippen LogP contribution in [0.15, 0.2) is 0 Å². The van der Waals surface area contributed by atoms with Gasteiger partial charge in [0.25, 0.3) is 0 Å². The van der Waals surface area contributed by atoms with Crippen molar-refractivity contribution in [3.63, 3.8) is 0 Å². The minimum absolute atomic E-state index is 0. The molecule has 1 amide bonds. The largest absolute Gasteiger partial charge is 2.00 e. The number of carbonyl (C=O) groups is 2. The van der Waals surface area contributed by atoms with Crippen LogP contribution in [0.3, 0.4) is 0 Å². The van der Waals surface area contributed by atoms with Gasteiger partial charge in [-0.05, 0) is 0 Å². The molecule has 0 fully saturated rings. The number of aliphatic carboxylic acids is 1. The molecule has 0 aromatic carbocycles. The molecule has 56 valence electrons. The Morgan fingerprint density at radius 3 is 2.10 bits per heavy atom. The SMILES string of the molecule is NC(=O)C[C@H](N)C(=O)O.[H-].[H-].[Mg+2]. The second kappa shape index (κ2) is 5.45. The fourth-order valence-corrected chi connectivity index (χ4v) is 0.304. The van der Waals surface area contributed by atoms with Gasteiger partial charge in [-0.25, -0.2) is 0 Å². The molecule has 0 radical (unpaired) electrons. The molecule has 0 aromatic heterocycles. The molecule has 0 unspecified atom stereocenters. The number of rotatable bonds is 3. The molecule has 5 nitrogen and oxygen atoms in total. The molecule has 0 aliphatic heterocycles. The van der Waals surface area contributed by atoms with Gasteiger partial charge in [-0.2, -0.15) is 0 Å². The van der Waals surface area contributed by atoms with Crippen LogP contribution in [0.4, 0.5) is 0 Å². The number of amides is 1. The summed E-state index contributed by atoms with van der Waals surface area (Å²) in [5, 5.41) is 8.10. The van der Waals surface area contributed by atoms with Gasteiger partial charge in [-0.3, -0.25) is 9.59 Å². The molecule has 0 bridgehead atoms. The van der Waals surface area contributed by atoms with Crippen molar-refractivity contribution in [2.75, 3.05) is 0 Å². The zero-order chi connectivity index (χ0) is 7.44. The first kappa shape index (κ1) is 12.4. The van der Waals surface area contributed by atoms with Gasteiger partial charge in [-0.1, -0.05) is 0 Å². The summed E-state index contributed by atoms with van der Waals surface area (Å²) in [5.74, 6) is -1.92. The number of carbonyl (C=O) groups excluding carboxylic acids is 1. The van der Waals surface area contributed by atoms with E-state index < -0.39 is 17.9 Å². The summed E-state index contributed by atoms with van der Waals surface area (Å²) >= 11 is 0. The van der Waals surface area contributed by atoms with Gasteiger partial charge < -0.3 is 19.4 Å². The van der Waals surface area contributed by atoms with E-state index in [2.05, 4.69) is 5.73 Å². The first-order chi connectivity index (χ1) is 4.04. The third-order valence-electron chi connectivity index (χ3n) is 0.738. The standard InChI is InChI=1S/C4H8N2O3.Mg.2H/c5-2(4(8)9)1-3(6)7;;;/h2H,1,5H2,(H2,6,7)(H,8,9);;;/q;+2;2*-1/t2-;;;/m0.../s1. The topological polar surface area (TPSA) is 106 Å². The van der Waals surface area contributed by atoms with E-state index in [1.165, 1.54) is 0 Å². The molecule has 0 aromatic rings. The third kappa shape index (κ3) is 5.80. The summed E-state index contributed by atoms with van der Waals surface area (Å²) in [6.45, 7) is 0. The molecule has 0 aliphatic carbocycles. The fraction of sp³-hybridized carbons (Fsp3) is 0.500. The number of nitrogens with two attached hydrogens (primary N) is 2. The Morgan fingerprint density at radius 1 is 1.60 bits per heavy atom. The molecule has 0 heterocycles. The van der Waals surface area contributed by atoms with Crippen LogP contribution in [0, 0.1) is 0 Å². The van der Waals surface area contributed by atoms with Crippen LogP contribution in [0.25, 0.3) is 0 Å². The van der Waals surface area contributed by atoms with Crippen LogP contribution in [-0.4, -0.2) is 46.1 Å². The molecule has 0 spiro atoms. The monoisotopic (exact) mass is 158 g/mol. The quantitative estimate of drug-likeness (QED) is 0.418. The summed E-state index contributed by atoms with van der Waals surface area (Å²) in [6.07, 6.45) is -0.310. The van der Waals surface area contributed by atoms with Crippen LogP contribution in [0.5, 0.6) is 0 Å². The molecular weight excluding hydrogens is 148 g/mol. The van der Waals surface area contributed by atoms with Crippen LogP contribution >= 0.6 is 0 Å². The van der Waals surface area contributed by atoms with Gasteiger partial charge >= 0.3 is 29.0 Å². The summed E-state index contributed by atoms with van der Waals surface area (Å²) in [7, 11) is 0. The average Bonchev–Trinajstić information content (AvgIpc) is 1.63. The van der Waals surface area contributed by atoms with Crippen molar-refractivity contribution < 1.29 is 17.5 Å². The van der Waals surface area contributed by atoms with Crippen molar-refractivity contribution in [3.8, 4) is 0 Å². The van der Waals surface area contributed by atoms with Crippen LogP contribution in [-0.2, 0) is 9.59 Å². The van der Waals surface area contributed by atoms with Gasteiger partial charge in [0.2, 0.25) is 5.91 Å². The number of hydrogen-bond acceptors (Lipinski definition) is 3. The predicted molar refractivity (Wildman–Crippen MR) is 37.4 cm³/mol. The number of carboxylic acids is 1. The Kier molecular flexibility index (Phi) is 6.73. The fourth-order valence-electron chi connectivity index (χ4n) is 0.304. The Hall–Kier alpha value is -0.334. The van der Waals surface area contributed by atoms with Crippen molar-refractivity contribution in [1.29, 1.82) is 0 Å². The Balaban J connectivity index is -0.000000107. The Labute approximate surface area is 76.9 Å². The molecule has 0 saturated carbocycles. The number of hydrogen-bond donors (Lipinski definition) is 3. The first-order valence-electron chi connectivity index (χ1n) is 2.30. The summed E-state index contributed by atoms with van der Waals surface area (Å²) < 4.78 is 0. The zero-order valence-electron chi connectivity index (χ0n) is 7.41. The second-order valence-electron chi connectivity index (χ2n) is 1.62. The van der Waals surface area contributed by atoms with Crippen LogP contribution < -0.4 is 11.5 Å². The van der Waals surface area contributed by atoms with E-state index in [1.54, 1.807) is 0 Å². The van der Waals surface area contributed by atoms with E-state index in [4.69, 9.17) is 10.8 Å². The van der Waals surface area contributed by atoms with Gasteiger partial charge in [0.05, 0.1) is 6.42 Å². The summed E-state index contributed by atoms with van der Waals surface area (Å²) in [6, 6.07) is -1.16. The normalized spacial score (nSPS) is 11.3. The molecule has 1 atom stereocenters. The van der Waals surface area contributed by atoms with Crippen molar-refractivity contribution in [1.82, 2.24) is 0 Å². The van der Waals surface area contributed by atoms with Crippen molar-refractivity contribution in [2.24, 2.45) is 11.5 Å². The maximum atomic E-state index is 9.99. The van der Waals surface area contributed by atoms with E-state index in [0.29, 0.717) is 0 Å². The maximum Gasteiger partial charge on any atom is 2.00 e. The molecular formula is C4H10MgN2O3. The maximum absolute atomic E-state index is 9.99. The van der Waals surface area contributed by atoms with Gasteiger partial charge in [-0.15, -0.1) is 0 Å². The number of carboxylic acid groups (broad SMARTS) is 1. The number of primary amides is 1. The average molecular weight is 158 g/mol. The molecule has 0 saturated heterocycles.